The van der Waals surface area contributed by atoms with Crippen LogP contribution in [0, 0.1) is 19.3 Å². The molecule has 0 aromatic heterocycles. The molecule has 1 aromatic carbocycles. The second-order valence-electron chi connectivity index (χ2n) is 7.11. The first-order chi connectivity index (χ1) is 11.1. The number of aryl methyl sites for hydroxylation is 2. The monoisotopic (exact) mass is 351 g/mol. The number of carbonyl (C=O) groups excluding carboxylic acids is 2. The molecule has 0 unspecified atom stereocenters. The molecule has 1 fully saturated rings. The van der Waals surface area contributed by atoms with Gasteiger partial charge in [0.1, 0.15) is 5.41 Å². The van der Waals surface area contributed by atoms with Gasteiger partial charge in [-0.2, -0.15) is 0 Å². The van der Waals surface area contributed by atoms with Crippen LogP contribution in [0.5, 0.6) is 0 Å². The zero-order valence-electron chi connectivity index (χ0n) is 15.1. The summed E-state index contributed by atoms with van der Waals surface area (Å²) >= 11 is 6.26. The fraction of sp³-hybridized carbons (Fsp3) is 0.556. The molecule has 24 heavy (non-hydrogen) atoms. The normalized spacial score (nSPS) is 16.2. The molecule has 0 atom stereocenters. The summed E-state index contributed by atoms with van der Waals surface area (Å²) in [5, 5.41) is 3.34. The van der Waals surface area contributed by atoms with Gasteiger partial charge in [0.2, 0.25) is 11.8 Å². The standard InChI is InChI=1S/C18H26ClN3O2/c1-12-10-13(2)15(14(19)11-12)20-16(23)18(3,4)17(24)22-8-6-21(5)7-9-22/h10-11H,6-9H2,1-5H3,(H,20,23). The fourth-order valence-corrected chi connectivity index (χ4v) is 3.21. The van der Waals surface area contributed by atoms with Gasteiger partial charge in [-0.05, 0) is 51.9 Å². The lowest BCUT2D eigenvalue weighted by Crippen LogP contribution is -2.53. The maximum Gasteiger partial charge on any atom is 0.239 e. The first-order valence-corrected chi connectivity index (χ1v) is 8.57. The van der Waals surface area contributed by atoms with Crippen LogP contribution in [0.15, 0.2) is 12.1 Å². The summed E-state index contributed by atoms with van der Waals surface area (Å²) in [5.41, 5.74) is 1.35. The van der Waals surface area contributed by atoms with E-state index in [1.165, 1.54) is 0 Å². The molecule has 6 heteroatoms. The lowest BCUT2D eigenvalue weighted by molar-refractivity contribution is -0.147. The highest BCUT2D eigenvalue weighted by atomic mass is 35.5. The number of nitrogens with one attached hydrogen (secondary N) is 1. The van der Waals surface area contributed by atoms with E-state index in [1.807, 2.05) is 27.0 Å². The van der Waals surface area contributed by atoms with Gasteiger partial charge in [0.05, 0.1) is 10.7 Å². The van der Waals surface area contributed by atoms with Crippen LogP contribution in [0.3, 0.4) is 0 Å². The zero-order chi connectivity index (χ0) is 18.1. The van der Waals surface area contributed by atoms with E-state index in [4.69, 9.17) is 11.6 Å². The second kappa shape index (κ2) is 7.11. The molecular weight excluding hydrogens is 326 g/mol. The summed E-state index contributed by atoms with van der Waals surface area (Å²) in [7, 11) is 2.03. The lowest BCUT2D eigenvalue weighted by Gasteiger charge is -2.36. The van der Waals surface area contributed by atoms with Crippen LogP contribution in [0.2, 0.25) is 5.02 Å². The molecule has 1 saturated heterocycles. The van der Waals surface area contributed by atoms with E-state index >= 15 is 0 Å². The van der Waals surface area contributed by atoms with Gasteiger partial charge in [-0.25, -0.2) is 0 Å². The Hall–Kier alpha value is -1.59. The Morgan fingerprint density at radius 1 is 1.12 bits per heavy atom. The average Bonchev–Trinajstić information content (AvgIpc) is 2.50. The molecule has 5 nitrogen and oxygen atoms in total. The third kappa shape index (κ3) is 3.90. The Kier molecular flexibility index (Phi) is 5.56. The molecule has 1 N–H and O–H groups in total. The number of hydrogen-bond donors (Lipinski definition) is 1. The minimum Gasteiger partial charge on any atom is -0.339 e. The number of anilines is 1. The van der Waals surface area contributed by atoms with Crippen molar-refractivity contribution in [2.45, 2.75) is 27.7 Å². The Balaban J connectivity index is 2.14. The minimum atomic E-state index is -1.14. The van der Waals surface area contributed by atoms with E-state index in [1.54, 1.807) is 24.8 Å². The van der Waals surface area contributed by atoms with Crippen molar-refractivity contribution in [3.05, 3.63) is 28.3 Å². The summed E-state index contributed by atoms with van der Waals surface area (Å²) in [4.78, 5) is 29.5. The van der Waals surface area contributed by atoms with E-state index in [0.717, 1.165) is 24.2 Å². The predicted molar refractivity (Wildman–Crippen MR) is 97.4 cm³/mol. The van der Waals surface area contributed by atoms with Gasteiger partial charge in [0, 0.05) is 26.2 Å². The first-order valence-electron chi connectivity index (χ1n) is 8.19. The van der Waals surface area contributed by atoms with E-state index in [-0.39, 0.29) is 11.8 Å². The first kappa shape index (κ1) is 18.7. The van der Waals surface area contributed by atoms with Gasteiger partial charge in [0.25, 0.3) is 0 Å². The zero-order valence-corrected chi connectivity index (χ0v) is 15.8. The summed E-state index contributed by atoms with van der Waals surface area (Å²) < 4.78 is 0. The van der Waals surface area contributed by atoms with Gasteiger partial charge >= 0.3 is 0 Å². The van der Waals surface area contributed by atoms with Crippen molar-refractivity contribution < 1.29 is 9.59 Å². The number of nitrogens with zero attached hydrogens (tertiary/aromatic N) is 2. The molecule has 2 rings (SSSR count). The summed E-state index contributed by atoms with van der Waals surface area (Å²) in [5.74, 6) is -0.478. The number of benzene rings is 1. The van der Waals surface area contributed by atoms with Crippen LogP contribution in [0.25, 0.3) is 0 Å². The topological polar surface area (TPSA) is 52.7 Å². The molecule has 132 valence electrons. The van der Waals surface area contributed by atoms with Crippen LogP contribution < -0.4 is 5.32 Å². The summed E-state index contributed by atoms with van der Waals surface area (Å²) in [6, 6.07) is 3.76. The Morgan fingerprint density at radius 2 is 1.71 bits per heavy atom. The van der Waals surface area contributed by atoms with Gasteiger partial charge in [-0.1, -0.05) is 17.7 Å². The largest absolute Gasteiger partial charge is 0.339 e. The SMILES string of the molecule is Cc1cc(C)c(NC(=O)C(C)(C)C(=O)N2CCN(C)CC2)c(Cl)c1. The van der Waals surface area contributed by atoms with Crippen molar-refractivity contribution in [1.82, 2.24) is 9.80 Å². The molecule has 0 bridgehead atoms. The van der Waals surface area contributed by atoms with Crippen LogP contribution in [-0.4, -0.2) is 54.8 Å². The molecule has 1 aromatic rings. The molecule has 0 saturated carbocycles. The van der Waals surface area contributed by atoms with E-state index in [2.05, 4.69) is 10.2 Å². The average molecular weight is 352 g/mol. The Labute approximate surface area is 149 Å². The highest BCUT2D eigenvalue weighted by molar-refractivity contribution is 6.34. The van der Waals surface area contributed by atoms with Crippen molar-refractivity contribution in [3.63, 3.8) is 0 Å². The summed E-state index contributed by atoms with van der Waals surface area (Å²) in [6.07, 6.45) is 0. The third-order valence-electron chi connectivity index (χ3n) is 4.56. The molecule has 1 aliphatic heterocycles. The van der Waals surface area contributed by atoms with Crippen LogP contribution >= 0.6 is 11.6 Å². The maximum atomic E-state index is 12.8. The Morgan fingerprint density at radius 3 is 2.25 bits per heavy atom. The van der Waals surface area contributed by atoms with Crippen molar-refractivity contribution >= 4 is 29.1 Å². The third-order valence-corrected chi connectivity index (χ3v) is 4.86. The number of rotatable bonds is 3. The second-order valence-corrected chi connectivity index (χ2v) is 7.52. The van der Waals surface area contributed by atoms with Crippen molar-refractivity contribution in [3.8, 4) is 0 Å². The molecule has 1 aliphatic rings. The number of hydrogen-bond acceptors (Lipinski definition) is 3. The maximum absolute atomic E-state index is 12.8. The Bertz CT molecular complexity index is 627. The summed E-state index contributed by atoms with van der Waals surface area (Å²) in [6.45, 7) is 10.1. The highest BCUT2D eigenvalue weighted by Gasteiger charge is 2.40. The molecule has 0 radical (unpaired) electrons. The number of carbonyl (C=O) groups is 2. The van der Waals surface area contributed by atoms with Crippen LogP contribution in [0.4, 0.5) is 5.69 Å². The highest BCUT2D eigenvalue weighted by Crippen LogP contribution is 2.30. The van der Waals surface area contributed by atoms with Gasteiger partial charge in [-0.15, -0.1) is 0 Å². The van der Waals surface area contributed by atoms with Gasteiger partial charge in [-0.3, -0.25) is 9.59 Å². The number of amides is 2. The van der Waals surface area contributed by atoms with Gasteiger partial charge in [0.15, 0.2) is 0 Å². The quantitative estimate of drug-likeness (QED) is 0.852. The smallest absolute Gasteiger partial charge is 0.239 e. The van der Waals surface area contributed by atoms with E-state index < -0.39 is 5.41 Å². The molecule has 1 heterocycles. The molecule has 0 aliphatic carbocycles. The van der Waals surface area contributed by atoms with Crippen LogP contribution in [0.1, 0.15) is 25.0 Å². The number of halogens is 1. The number of piperazine rings is 1. The minimum absolute atomic E-state index is 0.144. The van der Waals surface area contributed by atoms with Crippen molar-refractivity contribution in [1.29, 1.82) is 0 Å². The van der Waals surface area contributed by atoms with E-state index in [0.29, 0.717) is 23.8 Å². The number of likely N-dealkylation sites (N-methyl/N-ethyl adjacent to an activating group) is 1. The van der Waals surface area contributed by atoms with E-state index in [9.17, 15) is 9.59 Å². The van der Waals surface area contributed by atoms with Crippen LogP contribution in [-0.2, 0) is 9.59 Å². The molecule has 2 amide bonds. The molecule has 0 spiro atoms. The predicted octanol–water partition coefficient (Wildman–Crippen LogP) is 2.70. The van der Waals surface area contributed by atoms with Crippen molar-refractivity contribution in [2.24, 2.45) is 5.41 Å². The van der Waals surface area contributed by atoms with Crippen molar-refractivity contribution in [2.75, 3.05) is 38.5 Å². The molecular formula is C18H26ClN3O2. The lowest BCUT2D eigenvalue weighted by atomic mass is 9.89. The fourth-order valence-electron chi connectivity index (χ4n) is 2.85. The van der Waals surface area contributed by atoms with Gasteiger partial charge < -0.3 is 15.1 Å².